The van der Waals surface area contributed by atoms with Crippen molar-refractivity contribution < 1.29 is 0 Å². The summed E-state index contributed by atoms with van der Waals surface area (Å²) in [4.78, 5) is 5.85. The second-order valence-corrected chi connectivity index (χ2v) is 7.03. The van der Waals surface area contributed by atoms with Crippen molar-refractivity contribution in [3.8, 4) is 0 Å². The molecular formula is C16H19ClN2S. The predicted molar refractivity (Wildman–Crippen MR) is 85.5 cm³/mol. The molecule has 0 amide bonds. The van der Waals surface area contributed by atoms with E-state index in [1.165, 1.54) is 36.1 Å². The number of benzene rings is 1. The lowest BCUT2D eigenvalue weighted by atomic mass is 10.2. The average Bonchev–Trinajstić information content (AvgIpc) is 3.07. The lowest BCUT2D eigenvalue weighted by molar-refractivity contribution is 0.527. The second kappa shape index (κ2) is 6.70. The van der Waals surface area contributed by atoms with E-state index in [0.717, 1.165) is 23.0 Å². The van der Waals surface area contributed by atoms with Gasteiger partial charge in [-0.05, 0) is 30.5 Å². The molecule has 1 fully saturated rings. The summed E-state index contributed by atoms with van der Waals surface area (Å²) in [7, 11) is 0. The first-order valence-corrected chi connectivity index (χ1v) is 8.40. The van der Waals surface area contributed by atoms with E-state index in [1.807, 2.05) is 24.4 Å². The van der Waals surface area contributed by atoms with E-state index < -0.39 is 0 Å². The van der Waals surface area contributed by atoms with Crippen LogP contribution in [0.5, 0.6) is 0 Å². The number of thiazole rings is 1. The quantitative estimate of drug-likeness (QED) is 0.884. The topological polar surface area (TPSA) is 24.9 Å². The maximum Gasteiger partial charge on any atom is 0.0972 e. The second-order valence-electron chi connectivity index (χ2n) is 5.39. The average molecular weight is 307 g/mol. The Kier molecular flexibility index (Phi) is 4.71. The third kappa shape index (κ3) is 3.81. The molecule has 1 N–H and O–H groups in total. The lowest BCUT2D eigenvalue weighted by Gasteiger charge is -2.09. The highest BCUT2D eigenvalue weighted by Gasteiger charge is 2.14. The van der Waals surface area contributed by atoms with Crippen molar-refractivity contribution in [3.05, 3.63) is 50.9 Å². The molecule has 1 aliphatic rings. The molecule has 1 aromatic heterocycles. The van der Waals surface area contributed by atoms with Gasteiger partial charge in [0.2, 0.25) is 0 Å². The molecule has 3 rings (SSSR count). The monoisotopic (exact) mass is 306 g/mol. The van der Waals surface area contributed by atoms with Crippen molar-refractivity contribution in [2.75, 3.05) is 0 Å². The number of nitrogens with zero attached hydrogens (tertiary/aromatic N) is 1. The Morgan fingerprint density at radius 3 is 2.95 bits per heavy atom. The van der Waals surface area contributed by atoms with Gasteiger partial charge in [-0.15, -0.1) is 11.3 Å². The highest BCUT2D eigenvalue weighted by Crippen LogP contribution is 2.21. The highest BCUT2D eigenvalue weighted by atomic mass is 35.5. The molecule has 0 bridgehead atoms. The summed E-state index contributed by atoms with van der Waals surface area (Å²) < 4.78 is 0. The minimum absolute atomic E-state index is 0.716. The van der Waals surface area contributed by atoms with Crippen molar-refractivity contribution in [2.24, 2.45) is 0 Å². The summed E-state index contributed by atoms with van der Waals surface area (Å²) in [5.74, 6) is 0. The smallest absolute Gasteiger partial charge is 0.0972 e. The van der Waals surface area contributed by atoms with Crippen LogP contribution in [0.1, 0.15) is 41.1 Å². The number of hydrogen-bond acceptors (Lipinski definition) is 3. The number of rotatable bonds is 5. The molecule has 1 aliphatic carbocycles. The molecule has 0 spiro atoms. The predicted octanol–water partition coefficient (Wildman–Crippen LogP) is 4.42. The van der Waals surface area contributed by atoms with Crippen molar-refractivity contribution in [1.29, 1.82) is 0 Å². The maximum absolute atomic E-state index is 6.01. The number of nitrogens with one attached hydrogen (secondary N) is 1. The summed E-state index contributed by atoms with van der Waals surface area (Å²) in [6.07, 6.45) is 8.28. The van der Waals surface area contributed by atoms with Crippen LogP contribution in [0.25, 0.3) is 0 Å². The van der Waals surface area contributed by atoms with Crippen LogP contribution >= 0.6 is 22.9 Å². The van der Waals surface area contributed by atoms with Gasteiger partial charge in [0.05, 0.1) is 5.01 Å². The molecule has 1 saturated carbocycles. The Bertz CT molecular complexity index is 561. The van der Waals surface area contributed by atoms with Crippen LogP contribution < -0.4 is 5.32 Å². The SMILES string of the molecule is Clc1cccc(Cc2ncc(CNC3CCCC3)s2)c1. The Labute approximate surface area is 129 Å². The van der Waals surface area contributed by atoms with Gasteiger partial charge in [-0.2, -0.15) is 0 Å². The fourth-order valence-corrected chi connectivity index (χ4v) is 3.83. The van der Waals surface area contributed by atoms with Gasteiger partial charge < -0.3 is 5.32 Å². The first kappa shape index (κ1) is 14.1. The Hall–Kier alpha value is -0.900. The Morgan fingerprint density at radius 2 is 2.15 bits per heavy atom. The van der Waals surface area contributed by atoms with Crippen molar-refractivity contribution in [3.63, 3.8) is 0 Å². The van der Waals surface area contributed by atoms with E-state index in [-0.39, 0.29) is 0 Å². The van der Waals surface area contributed by atoms with Crippen LogP contribution in [0, 0.1) is 0 Å². The van der Waals surface area contributed by atoms with Gasteiger partial charge in [0.25, 0.3) is 0 Å². The normalized spacial score (nSPS) is 15.8. The van der Waals surface area contributed by atoms with Crippen LogP contribution in [0.4, 0.5) is 0 Å². The Morgan fingerprint density at radius 1 is 1.30 bits per heavy atom. The zero-order chi connectivity index (χ0) is 13.8. The number of aromatic nitrogens is 1. The number of halogens is 1. The molecule has 0 saturated heterocycles. The van der Waals surface area contributed by atoms with Crippen molar-refractivity contribution in [1.82, 2.24) is 10.3 Å². The minimum atomic E-state index is 0.716. The molecule has 1 heterocycles. The van der Waals surface area contributed by atoms with Crippen molar-refractivity contribution in [2.45, 2.75) is 44.7 Å². The molecule has 4 heteroatoms. The standard InChI is InChI=1S/C16H19ClN2S/c17-13-5-3-4-12(8-13)9-16-19-11-15(20-16)10-18-14-6-1-2-7-14/h3-5,8,11,14,18H,1-2,6-7,9-10H2. The van der Waals surface area contributed by atoms with Gasteiger partial charge in [0, 0.05) is 35.1 Å². The van der Waals surface area contributed by atoms with E-state index in [2.05, 4.69) is 16.4 Å². The molecule has 2 nitrogen and oxygen atoms in total. The van der Waals surface area contributed by atoms with Crippen molar-refractivity contribution >= 4 is 22.9 Å². The molecule has 20 heavy (non-hydrogen) atoms. The van der Waals surface area contributed by atoms with Gasteiger partial charge in [-0.25, -0.2) is 4.98 Å². The zero-order valence-electron chi connectivity index (χ0n) is 11.4. The first-order chi connectivity index (χ1) is 9.79. The highest BCUT2D eigenvalue weighted by molar-refractivity contribution is 7.11. The lowest BCUT2D eigenvalue weighted by Crippen LogP contribution is -2.24. The maximum atomic E-state index is 6.01. The summed E-state index contributed by atoms with van der Waals surface area (Å²) in [6.45, 7) is 0.956. The molecule has 1 aromatic carbocycles. The van der Waals surface area contributed by atoms with Gasteiger partial charge in [-0.3, -0.25) is 0 Å². The van der Waals surface area contributed by atoms with Gasteiger partial charge in [0.15, 0.2) is 0 Å². The van der Waals surface area contributed by atoms with Crippen LogP contribution in [0.15, 0.2) is 30.5 Å². The summed E-state index contributed by atoms with van der Waals surface area (Å²) in [5.41, 5.74) is 1.22. The first-order valence-electron chi connectivity index (χ1n) is 7.21. The summed E-state index contributed by atoms with van der Waals surface area (Å²) in [5, 5.41) is 5.59. The summed E-state index contributed by atoms with van der Waals surface area (Å²) >= 11 is 7.81. The van der Waals surface area contributed by atoms with Gasteiger partial charge in [-0.1, -0.05) is 36.6 Å². The fraction of sp³-hybridized carbons (Fsp3) is 0.438. The van der Waals surface area contributed by atoms with Crippen LogP contribution in [-0.2, 0) is 13.0 Å². The third-order valence-electron chi connectivity index (χ3n) is 3.77. The number of hydrogen-bond donors (Lipinski definition) is 1. The Balaban J connectivity index is 1.56. The molecule has 2 aromatic rings. The van der Waals surface area contributed by atoms with Gasteiger partial charge in [0.1, 0.15) is 0 Å². The zero-order valence-corrected chi connectivity index (χ0v) is 13.0. The molecule has 0 unspecified atom stereocenters. The third-order valence-corrected chi connectivity index (χ3v) is 5.00. The summed E-state index contributed by atoms with van der Waals surface area (Å²) in [6, 6.07) is 8.73. The molecule has 0 radical (unpaired) electrons. The molecular weight excluding hydrogens is 288 g/mol. The van der Waals surface area contributed by atoms with Crippen LogP contribution in [-0.4, -0.2) is 11.0 Å². The largest absolute Gasteiger partial charge is 0.309 e. The van der Waals surface area contributed by atoms with E-state index >= 15 is 0 Å². The van der Waals surface area contributed by atoms with Gasteiger partial charge >= 0.3 is 0 Å². The molecule has 0 atom stereocenters. The molecule has 0 aliphatic heterocycles. The van der Waals surface area contributed by atoms with E-state index in [9.17, 15) is 0 Å². The van der Waals surface area contributed by atoms with E-state index in [4.69, 9.17) is 11.6 Å². The van der Waals surface area contributed by atoms with Crippen LogP contribution in [0.2, 0.25) is 5.02 Å². The van der Waals surface area contributed by atoms with Crippen LogP contribution in [0.3, 0.4) is 0 Å². The fourth-order valence-electron chi connectivity index (χ4n) is 2.71. The minimum Gasteiger partial charge on any atom is -0.309 e. The van der Waals surface area contributed by atoms with E-state index in [0.29, 0.717) is 6.04 Å². The molecule has 106 valence electrons. The van der Waals surface area contributed by atoms with E-state index in [1.54, 1.807) is 11.3 Å².